The van der Waals surface area contributed by atoms with Crippen LogP contribution in [0.2, 0.25) is 0 Å². The molecule has 24 heavy (non-hydrogen) atoms. The molecule has 1 fully saturated rings. The minimum Gasteiger partial charge on any atom is -0.481 e. The van der Waals surface area contributed by atoms with Gasteiger partial charge in [0, 0.05) is 38.5 Å². The van der Waals surface area contributed by atoms with Crippen molar-refractivity contribution < 1.29 is 9.47 Å². The molecule has 0 saturated heterocycles. The number of hydrogen-bond acceptors (Lipinski definition) is 4. The molecule has 0 aromatic carbocycles. The Hall–Kier alpha value is -1.82. The minimum atomic E-state index is 0.481. The maximum atomic E-state index is 5.93. The molecule has 1 heterocycles. The summed E-state index contributed by atoms with van der Waals surface area (Å²) in [5.41, 5.74) is 1.00. The number of rotatable bonds is 8. The van der Waals surface area contributed by atoms with Gasteiger partial charge in [-0.2, -0.15) is 0 Å². The van der Waals surface area contributed by atoms with E-state index in [9.17, 15) is 0 Å². The SMILES string of the molecule is CN=C(NCCCOC1CCCCC1)NCc1cccnc1OC. The summed E-state index contributed by atoms with van der Waals surface area (Å²) >= 11 is 0. The molecule has 0 aliphatic heterocycles. The van der Waals surface area contributed by atoms with Gasteiger partial charge in [-0.3, -0.25) is 4.99 Å². The van der Waals surface area contributed by atoms with E-state index in [1.807, 2.05) is 12.1 Å². The quantitative estimate of drug-likeness (QED) is 0.434. The zero-order valence-corrected chi connectivity index (χ0v) is 14.9. The average molecular weight is 334 g/mol. The van der Waals surface area contributed by atoms with Gasteiger partial charge in [-0.25, -0.2) is 4.98 Å². The first-order valence-corrected chi connectivity index (χ1v) is 8.87. The Morgan fingerprint density at radius 1 is 1.29 bits per heavy atom. The lowest BCUT2D eigenvalue weighted by Gasteiger charge is -2.22. The fourth-order valence-corrected chi connectivity index (χ4v) is 2.90. The molecule has 0 bridgehead atoms. The fourth-order valence-electron chi connectivity index (χ4n) is 2.90. The molecule has 0 radical (unpaired) electrons. The number of ether oxygens (including phenoxy) is 2. The van der Waals surface area contributed by atoms with Gasteiger partial charge in [0.15, 0.2) is 5.96 Å². The van der Waals surface area contributed by atoms with Gasteiger partial charge in [0.25, 0.3) is 0 Å². The summed E-state index contributed by atoms with van der Waals surface area (Å²) in [6, 6.07) is 3.89. The normalized spacial score (nSPS) is 16.0. The van der Waals surface area contributed by atoms with Crippen LogP contribution in [0.15, 0.2) is 23.3 Å². The Kier molecular flexibility index (Phi) is 8.38. The molecule has 1 aromatic rings. The number of nitrogens with zero attached hydrogens (tertiary/aromatic N) is 2. The topological polar surface area (TPSA) is 67.8 Å². The van der Waals surface area contributed by atoms with Crippen LogP contribution in [0.4, 0.5) is 0 Å². The highest BCUT2D eigenvalue weighted by Gasteiger charge is 2.13. The molecule has 1 aliphatic rings. The average Bonchev–Trinajstić information content (AvgIpc) is 2.65. The second-order valence-corrected chi connectivity index (χ2v) is 6.01. The maximum absolute atomic E-state index is 5.93. The summed E-state index contributed by atoms with van der Waals surface area (Å²) in [6.07, 6.45) is 9.64. The number of nitrogens with one attached hydrogen (secondary N) is 2. The van der Waals surface area contributed by atoms with E-state index in [1.165, 1.54) is 32.1 Å². The van der Waals surface area contributed by atoms with Gasteiger partial charge in [-0.05, 0) is 25.3 Å². The van der Waals surface area contributed by atoms with Crippen LogP contribution in [0.1, 0.15) is 44.1 Å². The Morgan fingerprint density at radius 3 is 2.88 bits per heavy atom. The smallest absolute Gasteiger partial charge is 0.218 e. The lowest BCUT2D eigenvalue weighted by atomic mass is 9.98. The molecule has 6 nitrogen and oxygen atoms in total. The molecule has 2 N–H and O–H groups in total. The number of aliphatic imine (C=N–C) groups is 1. The van der Waals surface area contributed by atoms with Crippen molar-refractivity contribution in [3.05, 3.63) is 23.9 Å². The van der Waals surface area contributed by atoms with Gasteiger partial charge in [0.2, 0.25) is 5.88 Å². The predicted molar refractivity (Wildman–Crippen MR) is 96.4 cm³/mol. The molecule has 1 aromatic heterocycles. The van der Waals surface area contributed by atoms with E-state index in [4.69, 9.17) is 9.47 Å². The van der Waals surface area contributed by atoms with Gasteiger partial charge >= 0.3 is 0 Å². The summed E-state index contributed by atoms with van der Waals surface area (Å²) in [5, 5.41) is 6.59. The highest BCUT2D eigenvalue weighted by Crippen LogP contribution is 2.20. The van der Waals surface area contributed by atoms with Crippen LogP contribution in [0.5, 0.6) is 5.88 Å². The minimum absolute atomic E-state index is 0.481. The first kappa shape index (κ1) is 18.5. The van der Waals surface area contributed by atoms with Crippen molar-refractivity contribution in [1.82, 2.24) is 15.6 Å². The van der Waals surface area contributed by atoms with E-state index < -0.39 is 0 Å². The first-order valence-electron chi connectivity index (χ1n) is 8.87. The first-order chi connectivity index (χ1) is 11.8. The van der Waals surface area contributed by atoms with Crippen LogP contribution in [0, 0.1) is 0 Å². The summed E-state index contributed by atoms with van der Waals surface area (Å²) < 4.78 is 11.2. The largest absolute Gasteiger partial charge is 0.481 e. The van der Waals surface area contributed by atoms with E-state index in [2.05, 4.69) is 20.6 Å². The number of aromatic nitrogens is 1. The molecule has 0 amide bonds. The van der Waals surface area contributed by atoms with E-state index in [0.717, 1.165) is 31.1 Å². The molecule has 1 saturated carbocycles. The highest BCUT2D eigenvalue weighted by atomic mass is 16.5. The van der Waals surface area contributed by atoms with Crippen molar-refractivity contribution in [3.8, 4) is 5.88 Å². The van der Waals surface area contributed by atoms with Crippen LogP contribution in [0.3, 0.4) is 0 Å². The van der Waals surface area contributed by atoms with Crippen molar-refractivity contribution in [3.63, 3.8) is 0 Å². The molecule has 0 unspecified atom stereocenters. The van der Waals surface area contributed by atoms with Crippen LogP contribution in [-0.4, -0.2) is 44.4 Å². The van der Waals surface area contributed by atoms with Crippen molar-refractivity contribution >= 4 is 5.96 Å². The summed E-state index contributed by atoms with van der Waals surface area (Å²) in [5.74, 6) is 1.42. The summed E-state index contributed by atoms with van der Waals surface area (Å²) in [6.45, 7) is 2.27. The monoisotopic (exact) mass is 334 g/mol. The zero-order chi connectivity index (χ0) is 17.0. The van der Waals surface area contributed by atoms with Gasteiger partial charge in [0.05, 0.1) is 13.2 Å². The maximum Gasteiger partial charge on any atom is 0.218 e. The van der Waals surface area contributed by atoms with E-state index >= 15 is 0 Å². The standard InChI is InChI=1S/C18H30N4O2/c1-19-18(22-14-15-8-6-11-20-17(15)23-2)21-12-7-13-24-16-9-4-3-5-10-16/h6,8,11,16H,3-5,7,9-10,12-14H2,1-2H3,(H2,19,21,22). The number of methoxy groups -OCH3 is 1. The zero-order valence-electron chi connectivity index (χ0n) is 14.9. The van der Waals surface area contributed by atoms with Crippen LogP contribution < -0.4 is 15.4 Å². The molecule has 1 aliphatic carbocycles. The van der Waals surface area contributed by atoms with Crippen molar-refractivity contribution in [1.29, 1.82) is 0 Å². The Balaban J connectivity index is 1.61. The highest BCUT2D eigenvalue weighted by molar-refractivity contribution is 5.79. The third-order valence-corrected chi connectivity index (χ3v) is 4.23. The Bertz CT molecular complexity index is 502. The van der Waals surface area contributed by atoms with Crippen molar-refractivity contribution in [2.24, 2.45) is 4.99 Å². The van der Waals surface area contributed by atoms with Crippen molar-refractivity contribution in [2.45, 2.75) is 51.2 Å². The molecular formula is C18H30N4O2. The second kappa shape index (κ2) is 10.9. The molecule has 134 valence electrons. The number of pyridine rings is 1. The van der Waals surface area contributed by atoms with Crippen LogP contribution >= 0.6 is 0 Å². The summed E-state index contributed by atoms with van der Waals surface area (Å²) in [7, 11) is 3.40. The molecule has 0 atom stereocenters. The predicted octanol–water partition coefficient (Wildman–Crippen LogP) is 2.49. The van der Waals surface area contributed by atoms with Crippen LogP contribution in [0.25, 0.3) is 0 Å². The van der Waals surface area contributed by atoms with Gasteiger partial charge in [-0.1, -0.05) is 25.3 Å². The lowest BCUT2D eigenvalue weighted by molar-refractivity contribution is 0.0277. The van der Waals surface area contributed by atoms with E-state index in [-0.39, 0.29) is 0 Å². The summed E-state index contributed by atoms with van der Waals surface area (Å²) in [4.78, 5) is 8.43. The Morgan fingerprint density at radius 2 is 2.12 bits per heavy atom. The molecule has 6 heteroatoms. The molecular weight excluding hydrogens is 304 g/mol. The molecule has 0 spiro atoms. The third kappa shape index (κ3) is 6.35. The van der Waals surface area contributed by atoms with Crippen molar-refractivity contribution in [2.75, 3.05) is 27.3 Å². The van der Waals surface area contributed by atoms with Gasteiger partial charge in [-0.15, -0.1) is 0 Å². The molecule has 2 rings (SSSR count). The van der Waals surface area contributed by atoms with Crippen LogP contribution in [-0.2, 0) is 11.3 Å². The number of hydrogen-bond donors (Lipinski definition) is 2. The third-order valence-electron chi connectivity index (χ3n) is 4.23. The number of guanidine groups is 1. The van der Waals surface area contributed by atoms with E-state index in [1.54, 1.807) is 20.4 Å². The van der Waals surface area contributed by atoms with Gasteiger partial charge in [0.1, 0.15) is 0 Å². The van der Waals surface area contributed by atoms with Gasteiger partial charge < -0.3 is 20.1 Å². The fraction of sp³-hybridized carbons (Fsp3) is 0.667. The lowest BCUT2D eigenvalue weighted by Crippen LogP contribution is -2.37. The Labute approximate surface area is 145 Å². The second-order valence-electron chi connectivity index (χ2n) is 6.01. The van der Waals surface area contributed by atoms with E-state index in [0.29, 0.717) is 18.5 Å².